The first-order valence-electron chi connectivity index (χ1n) is 8.97. The van der Waals surface area contributed by atoms with Gasteiger partial charge in [0.1, 0.15) is 11.3 Å². The van der Waals surface area contributed by atoms with Crippen LogP contribution in [0.3, 0.4) is 0 Å². The summed E-state index contributed by atoms with van der Waals surface area (Å²) in [6.07, 6.45) is 1.53. The van der Waals surface area contributed by atoms with Crippen molar-refractivity contribution in [3.63, 3.8) is 0 Å². The summed E-state index contributed by atoms with van der Waals surface area (Å²) in [4.78, 5) is 16.6. The molecule has 0 saturated heterocycles. The van der Waals surface area contributed by atoms with Crippen LogP contribution in [0, 0.1) is 0 Å². The second-order valence-electron chi connectivity index (χ2n) is 6.53. The van der Waals surface area contributed by atoms with Crippen molar-refractivity contribution in [2.45, 2.75) is 24.8 Å². The SMILES string of the molecule is CC(C)NC(=O)c1cccnc1Oc1ccc(NS(=O)(=O)c2ccccc2)cc1. The van der Waals surface area contributed by atoms with Crippen molar-refractivity contribution < 1.29 is 17.9 Å². The molecule has 1 heterocycles. The normalized spacial score (nSPS) is 11.1. The molecule has 0 spiro atoms. The Labute approximate surface area is 169 Å². The van der Waals surface area contributed by atoms with Gasteiger partial charge >= 0.3 is 0 Å². The van der Waals surface area contributed by atoms with E-state index in [4.69, 9.17) is 4.74 Å². The molecule has 0 aliphatic rings. The van der Waals surface area contributed by atoms with E-state index in [0.29, 0.717) is 17.0 Å². The number of hydrogen-bond acceptors (Lipinski definition) is 5. The number of carbonyl (C=O) groups excluding carboxylic acids is 1. The summed E-state index contributed by atoms with van der Waals surface area (Å²) in [5.74, 6) is 0.309. The van der Waals surface area contributed by atoms with E-state index in [9.17, 15) is 13.2 Å². The Hall–Kier alpha value is -3.39. The molecule has 3 aromatic rings. The number of anilines is 1. The lowest BCUT2D eigenvalue weighted by Gasteiger charge is -2.12. The second kappa shape index (κ2) is 8.74. The standard InChI is InChI=1S/C21H21N3O4S/c1-15(2)23-20(25)19-9-6-14-22-21(19)28-17-12-10-16(11-13-17)24-29(26,27)18-7-4-3-5-8-18/h3-15,24H,1-2H3,(H,23,25). The van der Waals surface area contributed by atoms with E-state index in [1.54, 1.807) is 54.6 Å². The lowest BCUT2D eigenvalue weighted by Crippen LogP contribution is -2.30. The summed E-state index contributed by atoms with van der Waals surface area (Å²) < 4.78 is 33.0. The highest BCUT2D eigenvalue weighted by molar-refractivity contribution is 7.92. The number of carbonyl (C=O) groups is 1. The maximum Gasteiger partial charge on any atom is 0.261 e. The molecule has 0 aliphatic heterocycles. The lowest BCUT2D eigenvalue weighted by molar-refractivity contribution is 0.0940. The van der Waals surface area contributed by atoms with Crippen molar-refractivity contribution in [3.05, 3.63) is 78.5 Å². The van der Waals surface area contributed by atoms with Gasteiger partial charge in [0.15, 0.2) is 0 Å². The van der Waals surface area contributed by atoms with Crippen LogP contribution < -0.4 is 14.8 Å². The van der Waals surface area contributed by atoms with E-state index in [1.807, 2.05) is 13.8 Å². The van der Waals surface area contributed by atoms with Gasteiger partial charge in [-0.1, -0.05) is 18.2 Å². The maximum atomic E-state index is 12.4. The van der Waals surface area contributed by atoms with E-state index >= 15 is 0 Å². The Kier molecular flexibility index (Phi) is 6.13. The number of ether oxygens (including phenoxy) is 1. The summed E-state index contributed by atoms with van der Waals surface area (Å²) in [7, 11) is -3.67. The third-order valence-corrected chi connectivity index (χ3v) is 5.21. The van der Waals surface area contributed by atoms with Gasteiger partial charge in [0.2, 0.25) is 5.88 Å². The number of sulfonamides is 1. The second-order valence-corrected chi connectivity index (χ2v) is 8.21. The van der Waals surface area contributed by atoms with Crippen LogP contribution in [0.5, 0.6) is 11.6 Å². The van der Waals surface area contributed by atoms with Gasteiger partial charge in [-0.3, -0.25) is 9.52 Å². The molecule has 150 valence electrons. The number of nitrogens with zero attached hydrogens (tertiary/aromatic N) is 1. The number of benzene rings is 2. The zero-order chi connectivity index (χ0) is 20.9. The van der Waals surface area contributed by atoms with Crippen LogP contribution in [-0.2, 0) is 10.0 Å². The van der Waals surface area contributed by atoms with Gasteiger partial charge in [-0.2, -0.15) is 0 Å². The molecule has 1 amide bonds. The Morgan fingerprint density at radius 3 is 2.31 bits per heavy atom. The topological polar surface area (TPSA) is 97.4 Å². The minimum atomic E-state index is -3.67. The predicted molar refractivity (Wildman–Crippen MR) is 111 cm³/mol. The van der Waals surface area contributed by atoms with E-state index in [2.05, 4.69) is 15.0 Å². The third-order valence-electron chi connectivity index (χ3n) is 3.81. The molecule has 0 atom stereocenters. The van der Waals surface area contributed by atoms with Gasteiger partial charge in [-0.05, 0) is 62.4 Å². The molecule has 7 nitrogen and oxygen atoms in total. The summed E-state index contributed by atoms with van der Waals surface area (Å²) in [5, 5.41) is 2.80. The van der Waals surface area contributed by atoms with E-state index in [1.165, 1.54) is 18.3 Å². The van der Waals surface area contributed by atoms with E-state index < -0.39 is 10.0 Å². The molecule has 0 saturated carbocycles. The van der Waals surface area contributed by atoms with E-state index in [0.717, 1.165) is 0 Å². The van der Waals surface area contributed by atoms with Crippen LogP contribution in [0.4, 0.5) is 5.69 Å². The number of rotatable bonds is 7. The fourth-order valence-corrected chi connectivity index (χ4v) is 3.58. The fourth-order valence-electron chi connectivity index (χ4n) is 2.50. The molecular weight excluding hydrogens is 390 g/mol. The minimum absolute atomic E-state index is 0.0209. The van der Waals surface area contributed by atoms with Gasteiger partial charge in [-0.15, -0.1) is 0 Å². The zero-order valence-corrected chi connectivity index (χ0v) is 16.8. The number of hydrogen-bond donors (Lipinski definition) is 2. The molecule has 29 heavy (non-hydrogen) atoms. The molecule has 0 aliphatic carbocycles. The molecule has 2 N–H and O–H groups in total. The summed E-state index contributed by atoms with van der Waals surface area (Å²) in [5.41, 5.74) is 0.704. The van der Waals surface area contributed by atoms with Crippen LogP contribution in [0.1, 0.15) is 24.2 Å². The Morgan fingerprint density at radius 1 is 0.966 bits per heavy atom. The maximum absolute atomic E-state index is 12.4. The summed E-state index contributed by atoms with van der Waals surface area (Å²) in [6.45, 7) is 3.73. The van der Waals surface area contributed by atoms with Crippen molar-refractivity contribution >= 4 is 21.6 Å². The summed E-state index contributed by atoms with van der Waals surface area (Å²) in [6, 6.07) is 17.7. The molecule has 0 unspecified atom stereocenters. The zero-order valence-electron chi connectivity index (χ0n) is 16.0. The van der Waals surface area contributed by atoms with Crippen LogP contribution in [0.2, 0.25) is 0 Å². The van der Waals surface area contributed by atoms with Crippen LogP contribution in [-0.4, -0.2) is 25.4 Å². The highest BCUT2D eigenvalue weighted by atomic mass is 32.2. The third kappa shape index (κ3) is 5.32. The number of pyridine rings is 1. The Morgan fingerprint density at radius 2 is 1.66 bits per heavy atom. The highest BCUT2D eigenvalue weighted by Gasteiger charge is 2.16. The molecule has 0 radical (unpaired) electrons. The van der Waals surface area contributed by atoms with Crippen molar-refractivity contribution in [3.8, 4) is 11.6 Å². The minimum Gasteiger partial charge on any atom is -0.438 e. The van der Waals surface area contributed by atoms with Crippen molar-refractivity contribution in [1.82, 2.24) is 10.3 Å². The molecule has 0 bridgehead atoms. The molecule has 3 rings (SSSR count). The molecule has 2 aromatic carbocycles. The molecule has 1 aromatic heterocycles. The first-order chi connectivity index (χ1) is 13.8. The molecule has 0 fully saturated rings. The Bertz CT molecular complexity index is 1080. The lowest BCUT2D eigenvalue weighted by atomic mass is 10.2. The number of nitrogens with one attached hydrogen (secondary N) is 2. The largest absolute Gasteiger partial charge is 0.438 e. The smallest absolute Gasteiger partial charge is 0.261 e. The fraction of sp³-hybridized carbons (Fsp3) is 0.143. The average Bonchev–Trinajstić information content (AvgIpc) is 2.70. The monoisotopic (exact) mass is 411 g/mol. The first kappa shape index (κ1) is 20.3. The van der Waals surface area contributed by atoms with Crippen LogP contribution in [0.25, 0.3) is 0 Å². The van der Waals surface area contributed by atoms with Gasteiger partial charge in [0, 0.05) is 17.9 Å². The first-order valence-corrected chi connectivity index (χ1v) is 10.4. The van der Waals surface area contributed by atoms with Crippen LogP contribution in [0.15, 0.2) is 77.8 Å². The van der Waals surface area contributed by atoms with Crippen molar-refractivity contribution in [2.75, 3.05) is 4.72 Å². The Balaban J connectivity index is 1.74. The van der Waals surface area contributed by atoms with Crippen LogP contribution >= 0.6 is 0 Å². The quantitative estimate of drug-likeness (QED) is 0.616. The van der Waals surface area contributed by atoms with E-state index in [-0.39, 0.29) is 22.7 Å². The number of amides is 1. The van der Waals surface area contributed by atoms with Gasteiger partial charge in [-0.25, -0.2) is 13.4 Å². The molecular formula is C21H21N3O4S. The van der Waals surface area contributed by atoms with Crippen molar-refractivity contribution in [1.29, 1.82) is 0 Å². The van der Waals surface area contributed by atoms with Gasteiger partial charge in [0.25, 0.3) is 15.9 Å². The van der Waals surface area contributed by atoms with Gasteiger partial charge in [0.05, 0.1) is 4.90 Å². The van der Waals surface area contributed by atoms with Gasteiger partial charge < -0.3 is 10.1 Å². The van der Waals surface area contributed by atoms with Crippen molar-refractivity contribution in [2.24, 2.45) is 0 Å². The highest BCUT2D eigenvalue weighted by Crippen LogP contribution is 2.25. The summed E-state index contributed by atoms with van der Waals surface area (Å²) >= 11 is 0. The molecule has 8 heteroatoms. The number of aromatic nitrogens is 1. The predicted octanol–water partition coefficient (Wildman–Crippen LogP) is 3.81. The average molecular weight is 411 g/mol.